The van der Waals surface area contributed by atoms with Crippen LogP contribution in [0.3, 0.4) is 0 Å². The van der Waals surface area contributed by atoms with Crippen molar-refractivity contribution in [1.82, 2.24) is 0 Å². The summed E-state index contributed by atoms with van der Waals surface area (Å²) in [5.41, 5.74) is 3.30. The van der Waals surface area contributed by atoms with Crippen molar-refractivity contribution in [2.24, 2.45) is 0 Å². The molecule has 3 rings (SSSR count). The average Bonchev–Trinajstić information content (AvgIpc) is 2.94. The molecule has 3 heteroatoms. The van der Waals surface area contributed by atoms with Crippen LogP contribution in [-0.4, -0.2) is 25.1 Å². The van der Waals surface area contributed by atoms with Gasteiger partial charge in [0.15, 0.2) is 0 Å². The van der Waals surface area contributed by atoms with Crippen LogP contribution in [0.5, 0.6) is 0 Å². The fourth-order valence-electron chi connectivity index (χ4n) is 4.00. The van der Waals surface area contributed by atoms with E-state index >= 15 is 0 Å². The number of rotatable bonds is 3. The zero-order valence-corrected chi connectivity index (χ0v) is 18.3. The Morgan fingerprint density at radius 1 is 0.957 bits per heavy atom. The Bertz CT molecular complexity index is 653. The number of hydrogen-bond acceptors (Lipinski definition) is 1. The molecular weight excluding hydrogens is 402 g/mol. The molecule has 0 atom stereocenters. The molecule has 0 N–H and O–H groups in total. The van der Waals surface area contributed by atoms with Gasteiger partial charge in [0, 0.05) is 0 Å². The third kappa shape index (κ3) is 4.14. The van der Waals surface area contributed by atoms with Crippen LogP contribution >= 0.6 is 11.3 Å². The Hall–Kier alpha value is -0.476. The van der Waals surface area contributed by atoms with Gasteiger partial charge in [-0.05, 0) is 0 Å². The third-order valence-corrected chi connectivity index (χ3v) is 11.9. The molecule has 1 aliphatic rings. The first-order valence-electron chi connectivity index (χ1n) is 8.90. The molecule has 1 fully saturated rings. The van der Waals surface area contributed by atoms with Crippen LogP contribution in [0, 0.1) is 0 Å². The number of benzene rings is 1. The molecule has 0 radical (unpaired) electrons. The first-order chi connectivity index (χ1) is 11.1. The van der Waals surface area contributed by atoms with Gasteiger partial charge in [-0.15, -0.1) is 0 Å². The van der Waals surface area contributed by atoms with E-state index in [4.69, 9.17) is 0 Å². The van der Waals surface area contributed by atoms with Crippen LogP contribution < -0.4 is 4.78 Å². The monoisotopic (exact) mass is 430 g/mol. The summed E-state index contributed by atoms with van der Waals surface area (Å²) < 4.78 is 3.38. The molecule has 0 aliphatic carbocycles. The quantitative estimate of drug-likeness (QED) is 0.534. The molecule has 1 aromatic carbocycles. The second-order valence-electron chi connectivity index (χ2n) is 7.68. The standard InChI is InChI=1S/C17H18BS.3CH3.Sn/c1-3-8-15(9-4-1)14-16-10-5-2-6-12-18(16)17-11-7-13-19-17;;;;/h1,3-4,7-9,11,13H,2,5-6,10,12H2;3*1H3;. The minimum atomic E-state index is -2.22. The Morgan fingerprint density at radius 2 is 1.74 bits per heavy atom. The van der Waals surface area contributed by atoms with E-state index in [1.807, 2.05) is 11.3 Å². The van der Waals surface area contributed by atoms with Gasteiger partial charge in [0.1, 0.15) is 0 Å². The fraction of sp³-hybridized carbons (Fsp3) is 0.400. The Kier molecular flexibility index (Phi) is 5.74. The topological polar surface area (TPSA) is 0 Å². The van der Waals surface area contributed by atoms with Crippen LogP contribution in [0.1, 0.15) is 31.2 Å². The van der Waals surface area contributed by atoms with Crippen LogP contribution in [0.2, 0.25) is 21.1 Å². The molecule has 2 aromatic rings. The molecule has 0 amide bonds. The fourth-order valence-corrected chi connectivity index (χ4v) is 11.4. The van der Waals surface area contributed by atoms with E-state index in [1.54, 1.807) is 13.8 Å². The van der Waals surface area contributed by atoms with E-state index in [0.717, 1.165) is 0 Å². The van der Waals surface area contributed by atoms with E-state index in [9.17, 15) is 0 Å². The molecular formula is C20H27BSSn. The van der Waals surface area contributed by atoms with Crippen LogP contribution in [0.25, 0.3) is 3.59 Å². The molecule has 0 nitrogen and oxygen atoms in total. The van der Waals surface area contributed by atoms with Crippen molar-refractivity contribution in [3.63, 3.8) is 0 Å². The summed E-state index contributed by atoms with van der Waals surface area (Å²) in [6.07, 6.45) is 6.80. The maximum atomic E-state index is 2.58. The number of thiophene rings is 1. The average molecular weight is 429 g/mol. The first-order valence-corrected chi connectivity index (χ1v) is 19.8. The van der Waals surface area contributed by atoms with Crippen LogP contribution in [0.4, 0.5) is 0 Å². The summed E-state index contributed by atoms with van der Waals surface area (Å²) in [4.78, 5) is 7.75. The van der Waals surface area contributed by atoms with Crippen molar-refractivity contribution in [2.75, 3.05) is 0 Å². The molecule has 1 aliphatic heterocycles. The van der Waals surface area contributed by atoms with Gasteiger partial charge in [0.05, 0.1) is 0 Å². The summed E-state index contributed by atoms with van der Waals surface area (Å²) >= 11 is -0.264. The van der Waals surface area contributed by atoms with E-state index < -0.39 is 18.4 Å². The van der Waals surface area contributed by atoms with Crippen molar-refractivity contribution in [2.45, 2.75) is 46.8 Å². The molecule has 0 saturated carbocycles. The molecule has 1 saturated heterocycles. The van der Waals surface area contributed by atoms with Crippen molar-refractivity contribution < 1.29 is 0 Å². The van der Waals surface area contributed by atoms with E-state index in [2.05, 4.69) is 62.7 Å². The predicted molar refractivity (Wildman–Crippen MR) is 110 cm³/mol. The Balaban J connectivity index is 2.17. The minimum absolute atomic E-state index is 0.670. The summed E-state index contributed by atoms with van der Waals surface area (Å²) in [5.74, 6) is 0. The van der Waals surface area contributed by atoms with Crippen LogP contribution in [0.15, 0.2) is 53.3 Å². The summed E-state index contributed by atoms with van der Waals surface area (Å²) in [5, 5.41) is 2.25. The molecule has 1 aromatic heterocycles. The van der Waals surface area contributed by atoms with Gasteiger partial charge in [-0.25, -0.2) is 0 Å². The van der Waals surface area contributed by atoms with Gasteiger partial charge in [0.2, 0.25) is 0 Å². The molecule has 0 unspecified atom stereocenters. The molecule has 0 bridgehead atoms. The van der Waals surface area contributed by atoms with Gasteiger partial charge in [-0.2, -0.15) is 0 Å². The van der Waals surface area contributed by atoms with Crippen molar-refractivity contribution in [3.8, 4) is 0 Å². The third-order valence-electron chi connectivity index (χ3n) is 4.88. The predicted octanol–water partition coefficient (Wildman–Crippen LogP) is 5.89. The second-order valence-corrected chi connectivity index (χ2v) is 22.9. The zero-order chi connectivity index (χ0) is 16.3. The summed E-state index contributed by atoms with van der Waals surface area (Å²) in [7, 11) is 0. The van der Waals surface area contributed by atoms with E-state index in [1.165, 1.54) is 37.6 Å². The van der Waals surface area contributed by atoms with Gasteiger partial charge in [0.25, 0.3) is 0 Å². The Labute approximate surface area is 150 Å². The van der Waals surface area contributed by atoms with Crippen molar-refractivity contribution in [3.05, 3.63) is 58.9 Å². The van der Waals surface area contributed by atoms with Crippen LogP contribution in [-0.2, 0) is 0 Å². The van der Waals surface area contributed by atoms with Crippen molar-refractivity contribution >= 4 is 44.8 Å². The zero-order valence-electron chi connectivity index (χ0n) is 14.6. The number of hydrogen-bond donors (Lipinski definition) is 0. The van der Waals surface area contributed by atoms with Gasteiger partial charge >= 0.3 is 150 Å². The van der Waals surface area contributed by atoms with Gasteiger partial charge in [-0.3, -0.25) is 0 Å². The summed E-state index contributed by atoms with van der Waals surface area (Å²) in [6, 6.07) is 15.9. The number of allylic oxidation sites excluding steroid dienone is 1. The SMILES string of the molecule is [CH3][Sn]([CH3])([CH3])/[C](=C1/CCCCCB1c1cccs1)c1ccccc1. The Morgan fingerprint density at radius 3 is 2.39 bits per heavy atom. The summed E-state index contributed by atoms with van der Waals surface area (Å²) in [6.45, 7) is 0.670. The van der Waals surface area contributed by atoms with Gasteiger partial charge < -0.3 is 0 Å². The molecule has 120 valence electrons. The molecule has 0 spiro atoms. The molecule has 23 heavy (non-hydrogen) atoms. The van der Waals surface area contributed by atoms with E-state index in [-0.39, 0.29) is 0 Å². The second kappa shape index (κ2) is 7.61. The van der Waals surface area contributed by atoms with Crippen molar-refractivity contribution in [1.29, 1.82) is 0 Å². The molecule has 2 heterocycles. The van der Waals surface area contributed by atoms with Gasteiger partial charge in [-0.1, -0.05) is 0 Å². The normalized spacial score (nSPS) is 18.7. The maximum absolute atomic E-state index is 2.58. The first kappa shape index (κ1) is 17.4. The van der Waals surface area contributed by atoms with E-state index in [0.29, 0.717) is 6.71 Å².